The van der Waals surface area contributed by atoms with Gasteiger partial charge in [0.2, 0.25) is 0 Å². The molecule has 1 aromatic carbocycles. The summed E-state index contributed by atoms with van der Waals surface area (Å²) in [5, 5.41) is 11.2. The molecule has 2 aromatic rings. The lowest BCUT2D eigenvalue weighted by Gasteiger charge is -2.23. The van der Waals surface area contributed by atoms with Crippen LogP contribution in [0.3, 0.4) is 0 Å². The second kappa shape index (κ2) is 9.11. The highest BCUT2D eigenvalue weighted by Crippen LogP contribution is 2.40. The van der Waals surface area contributed by atoms with Crippen LogP contribution in [0.1, 0.15) is 38.8 Å². The minimum absolute atomic E-state index is 0.272. The van der Waals surface area contributed by atoms with Gasteiger partial charge in [-0.1, -0.05) is 41.4 Å². The lowest BCUT2D eigenvalue weighted by Crippen LogP contribution is -2.16. The standard InChI is InChI=1S/C25H25Cl2FN2O3S/c1-25(2,31)22-14-30(24(29-22)18-8-5-9-19(26)23(18)27)21-11-10-16(13-20(21)28)15-6-4-7-17(12-15)34(3,32)33/h5-6,8-9,11-14,16,31H,4,7,10H2,1-3H3/t16-/m0/s1. The van der Waals surface area contributed by atoms with Crippen molar-refractivity contribution in [2.24, 2.45) is 5.92 Å². The van der Waals surface area contributed by atoms with E-state index in [1.54, 1.807) is 55.0 Å². The van der Waals surface area contributed by atoms with Crippen molar-refractivity contribution in [1.82, 2.24) is 9.55 Å². The highest BCUT2D eigenvalue weighted by Gasteiger charge is 2.28. The van der Waals surface area contributed by atoms with Crippen molar-refractivity contribution in [2.75, 3.05) is 6.26 Å². The summed E-state index contributed by atoms with van der Waals surface area (Å²) in [6.45, 7) is 3.20. The molecular weight excluding hydrogens is 498 g/mol. The zero-order valence-electron chi connectivity index (χ0n) is 19.0. The molecule has 0 saturated heterocycles. The fourth-order valence-electron chi connectivity index (χ4n) is 4.09. The predicted octanol–water partition coefficient (Wildman–Crippen LogP) is 6.45. The average molecular weight is 523 g/mol. The third-order valence-electron chi connectivity index (χ3n) is 5.94. The molecule has 4 rings (SSSR count). The van der Waals surface area contributed by atoms with E-state index in [0.29, 0.717) is 46.3 Å². The lowest BCUT2D eigenvalue weighted by atomic mass is 9.88. The minimum Gasteiger partial charge on any atom is -0.384 e. The van der Waals surface area contributed by atoms with Crippen LogP contribution in [0.2, 0.25) is 10.0 Å². The van der Waals surface area contributed by atoms with E-state index >= 15 is 4.39 Å². The zero-order chi connectivity index (χ0) is 24.8. The van der Waals surface area contributed by atoms with Crippen LogP contribution in [0.4, 0.5) is 4.39 Å². The smallest absolute Gasteiger partial charge is 0.171 e. The van der Waals surface area contributed by atoms with Crippen LogP contribution in [0.25, 0.3) is 17.1 Å². The van der Waals surface area contributed by atoms with E-state index in [2.05, 4.69) is 4.98 Å². The molecule has 1 atom stereocenters. The number of sulfone groups is 1. The van der Waals surface area contributed by atoms with Crippen LogP contribution in [0.15, 0.2) is 65.0 Å². The number of rotatable bonds is 5. The second-order valence-electron chi connectivity index (χ2n) is 9.05. The summed E-state index contributed by atoms with van der Waals surface area (Å²) in [6.07, 6.45) is 11.2. The molecular formula is C25H25Cl2FN2O3S. The Kier molecular flexibility index (Phi) is 6.68. The van der Waals surface area contributed by atoms with E-state index in [4.69, 9.17) is 23.2 Å². The predicted molar refractivity (Wildman–Crippen MR) is 135 cm³/mol. The van der Waals surface area contributed by atoms with E-state index in [1.165, 1.54) is 12.3 Å². The third-order valence-corrected chi connectivity index (χ3v) is 8.04. The SMILES string of the molecule is CC(C)(O)c1cn(C2=CC[C@H](C3=CCCC(S(C)(=O)=O)=C3)C=C2F)c(-c2cccc(Cl)c2Cl)n1. The van der Waals surface area contributed by atoms with Crippen LogP contribution >= 0.6 is 23.2 Å². The summed E-state index contributed by atoms with van der Waals surface area (Å²) in [4.78, 5) is 4.93. The Morgan fingerprint density at radius 1 is 1.24 bits per heavy atom. The molecule has 0 saturated carbocycles. The molecule has 1 heterocycles. The molecule has 0 amide bonds. The Morgan fingerprint density at radius 2 is 1.97 bits per heavy atom. The Morgan fingerprint density at radius 3 is 2.62 bits per heavy atom. The first kappa shape index (κ1) is 24.9. The normalized spacial score (nSPS) is 19.3. The first-order valence-corrected chi connectivity index (χ1v) is 13.5. The maximum absolute atomic E-state index is 15.5. The molecule has 9 heteroatoms. The highest BCUT2D eigenvalue weighted by atomic mass is 35.5. The molecule has 180 valence electrons. The molecule has 0 fully saturated rings. The van der Waals surface area contributed by atoms with Gasteiger partial charge in [0, 0.05) is 28.8 Å². The first-order valence-electron chi connectivity index (χ1n) is 10.8. The Balaban J connectivity index is 1.75. The van der Waals surface area contributed by atoms with Gasteiger partial charge in [-0.3, -0.25) is 4.57 Å². The number of aliphatic hydroxyl groups is 1. The summed E-state index contributed by atoms with van der Waals surface area (Å²) in [7, 11) is -3.29. The molecule has 0 aliphatic heterocycles. The molecule has 1 aromatic heterocycles. The number of hydrogen-bond donors (Lipinski definition) is 1. The van der Waals surface area contributed by atoms with Gasteiger partial charge in [0.05, 0.1) is 21.4 Å². The van der Waals surface area contributed by atoms with Gasteiger partial charge in [-0.25, -0.2) is 17.8 Å². The number of nitrogens with zero attached hydrogens (tertiary/aromatic N) is 2. The molecule has 2 aliphatic rings. The van der Waals surface area contributed by atoms with E-state index in [1.807, 2.05) is 6.08 Å². The second-order valence-corrected chi connectivity index (χ2v) is 11.9. The van der Waals surface area contributed by atoms with Crippen LogP contribution < -0.4 is 0 Å². The Labute approximate surface area is 208 Å². The molecule has 2 aliphatic carbocycles. The van der Waals surface area contributed by atoms with Crippen molar-refractivity contribution in [2.45, 2.75) is 38.7 Å². The van der Waals surface area contributed by atoms with Crippen molar-refractivity contribution in [1.29, 1.82) is 0 Å². The van der Waals surface area contributed by atoms with E-state index in [0.717, 1.165) is 5.57 Å². The summed E-state index contributed by atoms with van der Waals surface area (Å²) in [5.41, 5.74) is 0.663. The van der Waals surface area contributed by atoms with Crippen LogP contribution in [-0.4, -0.2) is 29.3 Å². The van der Waals surface area contributed by atoms with Crippen LogP contribution in [0, 0.1) is 5.92 Å². The molecule has 0 spiro atoms. The van der Waals surface area contributed by atoms with Gasteiger partial charge in [-0.05, 0) is 63.0 Å². The number of halogens is 3. The van der Waals surface area contributed by atoms with Gasteiger partial charge >= 0.3 is 0 Å². The maximum Gasteiger partial charge on any atom is 0.171 e. The van der Waals surface area contributed by atoms with Crippen LogP contribution in [0.5, 0.6) is 0 Å². The number of hydrogen-bond acceptors (Lipinski definition) is 4. The summed E-state index contributed by atoms with van der Waals surface area (Å²) < 4.78 is 41.0. The molecule has 0 bridgehead atoms. The number of benzene rings is 1. The molecule has 34 heavy (non-hydrogen) atoms. The van der Waals surface area contributed by atoms with Gasteiger partial charge in [0.25, 0.3) is 0 Å². The number of allylic oxidation sites excluding steroid dienone is 8. The minimum atomic E-state index is -3.29. The van der Waals surface area contributed by atoms with E-state index in [-0.39, 0.29) is 16.6 Å². The quantitative estimate of drug-likeness (QED) is 0.489. The number of aromatic nitrogens is 2. The zero-order valence-corrected chi connectivity index (χ0v) is 21.3. The van der Waals surface area contributed by atoms with Crippen molar-refractivity contribution >= 4 is 38.7 Å². The van der Waals surface area contributed by atoms with Crippen molar-refractivity contribution in [3.63, 3.8) is 0 Å². The summed E-state index contributed by atoms with van der Waals surface area (Å²) >= 11 is 12.6. The largest absolute Gasteiger partial charge is 0.384 e. The molecule has 0 radical (unpaired) electrons. The highest BCUT2D eigenvalue weighted by molar-refractivity contribution is 7.94. The first-order chi connectivity index (χ1) is 15.9. The monoisotopic (exact) mass is 522 g/mol. The van der Waals surface area contributed by atoms with Gasteiger partial charge in [0.15, 0.2) is 9.84 Å². The summed E-state index contributed by atoms with van der Waals surface area (Å²) in [6, 6.07) is 5.11. The Hall–Kier alpha value is -2.19. The average Bonchev–Trinajstić information content (AvgIpc) is 3.20. The van der Waals surface area contributed by atoms with Gasteiger partial charge in [0.1, 0.15) is 17.3 Å². The number of imidazole rings is 1. The fourth-order valence-corrected chi connectivity index (χ4v) is 5.31. The topological polar surface area (TPSA) is 72.2 Å². The van der Waals surface area contributed by atoms with E-state index < -0.39 is 21.3 Å². The van der Waals surface area contributed by atoms with Gasteiger partial charge < -0.3 is 5.11 Å². The fraction of sp³-hybridized carbons (Fsp3) is 0.320. The third kappa shape index (κ3) is 4.93. The van der Waals surface area contributed by atoms with E-state index in [9.17, 15) is 13.5 Å². The molecule has 1 N–H and O–H groups in total. The van der Waals surface area contributed by atoms with Crippen molar-refractivity contribution < 1.29 is 17.9 Å². The Bertz CT molecular complexity index is 1380. The van der Waals surface area contributed by atoms with Gasteiger partial charge in [-0.15, -0.1) is 0 Å². The van der Waals surface area contributed by atoms with Crippen molar-refractivity contribution in [3.8, 4) is 11.4 Å². The molecule has 0 unspecified atom stereocenters. The van der Waals surface area contributed by atoms with Crippen LogP contribution in [-0.2, 0) is 15.4 Å². The maximum atomic E-state index is 15.5. The molecule has 5 nitrogen and oxygen atoms in total. The van der Waals surface area contributed by atoms with Gasteiger partial charge in [-0.2, -0.15) is 0 Å². The van der Waals surface area contributed by atoms with Crippen molar-refractivity contribution in [3.05, 3.63) is 80.7 Å². The lowest BCUT2D eigenvalue weighted by molar-refractivity contribution is 0.0743. The summed E-state index contributed by atoms with van der Waals surface area (Å²) in [5.74, 6) is -0.401.